The molecular weight excluding hydrogens is 184 g/mol. The number of methoxy groups -OCH3 is 1. The fourth-order valence-corrected chi connectivity index (χ4v) is 1.91. The lowest BCUT2D eigenvalue weighted by Crippen LogP contribution is -2.19. The van der Waals surface area contributed by atoms with Crippen LogP contribution in [0.25, 0.3) is 0 Å². The van der Waals surface area contributed by atoms with Crippen LogP contribution in [-0.2, 0) is 5.41 Å². The molecule has 1 aromatic rings. The van der Waals surface area contributed by atoms with Gasteiger partial charge in [0.1, 0.15) is 5.75 Å². The molecule has 1 aromatic carbocycles. The third kappa shape index (κ3) is 2.34. The van der Waals surface area contributed by atoms with Gasteiger partial charge in [0, 0.05) is 0 Å². The van der Waals surface area contributed by atoms with Crippen molar-refractivity contribution in [2.45, 2.75) is 46.0 Å². The van der Waals surface area contributed by atoms with E-state index in [1.165, 1.54) is 24.0 Å². The summed E-state index contributed by atoms with van der Waals surface area (Å²) >= 11 is 0. The molecular formula is C14H22O. The first-order valence-corrected chi connectivity index (χ1v) is 5.72. The number of benzene rings is 1. The summed E-state index contributed by atoms with van der Waals surface area (Å²) in [4.78, 5) is 0. The Kier molecular flexibility index (Phi) is 3.78. The highest BCUT2D eigenvalue weighted by Gasteiger charge is 2.22. The minimum Gasteiger partial charge on any atom is -0.496 e. The molecule has 1 rings (SSSR count). The van der Waals surface area contributed by atoms with Gasteiger partial charge in [0.15, 0.2) is 0 Å². The number of hydrogen-bond acceptors (Lipinski definition) is 1. The van der Waals surface area contributed by atoms with Crippen LogP contribution < -0.4 is 4.74 Å². The van der Waals surface area contributed by atoms with E-state index in [0.29, 0.717) is 5.41 Å². The van der Waals surface area contributed by atoms with Gasteiger partial charge in [-0.15, -0.1) is 0 Å². The summed E-state index contributed by atoms with van der Waals surface area (Å²) in [6.45, 7) is 8.94. The predicted molar refractivity (Wildman–Crippen MR) is 65.7 cm³/mol. The molecule has 0 unspecified atom stereocenters. The van der Waals surface area contributed by atoms with Gasteiger partial charge < -0.3 is 4.74 Å². The fraction of sp³-hybridized carbons (Fsp3) is 0.571. The fourth-order valence-electron chi connectivity index (χ4n) is 1.91. The van der Waals surface area contributed by atoms with Crippen LogP contribution in [0.2, 0.25) is 0 Å². The number of hydrogen-bond donors (Lipinski definition) is 0. The number of ether oxygens (including phenoxy) is 1. The lowest BCUT2D eigenvalue weighted by molar-refractivity contribution is 0.408. The Hall–Kier alpha value is -0.980. The molecule has 0 amide bonds. The quantitative estimate of drug-likeness (QED) is 0.721. The van der Waals surface area contributed by atoms with Gasteiger partial charge in [0.2, 0.25) is 0 Å². The Balaban J connectivity index is 3.11. The van der Waals surface area contributed by atoms with E-state index in [2.05, 4.69) is 45.9 Å². The average molecular weight is 206 g/mol. The van der Waals surface area contributed by atoms with Crippen molar-refractivity contribution in [3.05, 3.63) is 29.3 Å². The molecule has 0 saturated carbocycles. The van der Waals surface area contributed by atoms with E-state index in [0.717, 1.165) is 5.75 Å². The third-order valence-corrected chi connectivity index (χ3v) is 3.65. The molecule has 0 aliphatic rings. The van der Waals surface area contributed by atoms with Gasteiger partial charge in [0.25, 0.3) is 0 Å². The molecule has 0 atom stereocenters. The van der Waals surface area contributed by atoms with Crippen LogP contribution in [-0.4, -0.2) is 7.11 Å². The maximum Gasteiger partial charge on any atom is 0.121 e. The van der Waals surface area contributed by atoms with E-state index < -0.39 is 0 Å². The van der Waals surface area contributed by atoms with Crippen molar-refractivity contribution in [2.24, 2.45) is 0 Å². The molecule has 15 heavy (non-hydrogen) atoms. The average Bonchev–Trinajstić information content (AvgIpc) is 2.28. The second-order valence-corrected chi connectivity index (χ2v) is 4.45. The van der Waals surface area contributed by atoms with E-state index in [1.807, 2.05) is 0 Å². The van der Waals surface area contributed by atoms with Crippen molar-refractivity contribution in [3.8, 4) is 5.75 Å². The molecule has 0 saturated heterocycles. The molecule has 0 radical (unpaired) electrons. The van der Waals surface area contributed by atoms with Crippen molar-refractivity contribution in [3.63, 3.8) is 0 Å². The lowest BCUT2D eigenvalue weighted by Gasteiger charge is -2.28. The zero-order valence-corrected chi connectivity index (χ0v) is 10.6. The van der Waals surface area contributed by atoms with Crippen molar-refractivity contribution >= 4 is 0 Å². The first-order chi connectivity index (χ1) is 7.07. The Bertz CT molecular complexity index is 324. The molecule has 84 valence electrons. The van der Waals surface area contributed by atoms with Crippen LogP contribution in [0.4, 0.5) is 0 Å². The zero-order valence-electron chi connectivity index (χ0n) is 10.6. The molecule has 0 N–H and O–H groups in total. The number of rotatable bonds is 4. The van der Waals surface area contributed by atoms with Gasteiger partial charge in [-0.25, -0.2) is 0 Å². The summed E-state index contributed by atoms with van der Waals surface area (Å²) in [5, 5.41) is 0. The molecule has 0 fully saturated rings. The maximum atomic E-state index is 5.28. The highest BCUT2D eigenvalue weighted by atomic mass is 16.5. The lowest BCUT2D eigenvalue weighted by atomic mass is 9.77. The van der Waals surface area contributed by atoms with Crippen LogP contribution in [0.3, 0.4) is 0 Å². The molecule has 0 spiro atoms. The van der Waals surface area contributed by atoms with E-state index in [9.17, 15) is 0 Å². The summed E-state index contributed by atoms with van der Waals surface area (Å²) in [5.74, 6) is 0.980. The van der Waals surface area contributed by atoms with Crippen molar-refractivity contribution in [2.75, 3.05) is 7.11 Å². The summed E-state index contributed by atoms with van der Waals surface area (Å²) in [6.07, 6.45) is 2.35. The topological polar surface area (TPSA) is 9.23 Å². The third-order valence-electron chi connectivity index (χ3n) is 3.65. The summed E-state index contributed by atoms with van der Waals surface area (Å²) in [6, 6.07) is 6.53. The largest absolute Gasteiger partial charge is 0.496 e. The molecule has 1 nitrogen and oxygen atoms in total. The summed E-state index contributed by atoms with van der Waals surface area (Å²) in [7, 11) is 1.72. The molecule has 0 aromatic heterocycles. The summed E-state index contributed by atoms with van der Waals surface area (Å²) < 4.78 is 5.28. The normalized spacial score (nSPS) is 11.5. The van der Waals surface area contributed by atoms with Gasteiger partial charge >= 0.3 is 0 Å². The molecule has 0 heterocycles. The minimum absolute atomic E-state index is 0.303. The SMILES string of the molecule is CCC(C)(CC)c1ccc(OC)c(C)c1. The van der Waals surface area contributed by atoms with E-state index in [4.69, 9.17) is 4.74 Å². The molecule has 0 bridgehead atoms. The van der Waals surface area contributed by atoms with Crippen LogP contribution in [0.1, 0.15) is 44.7 Å². The standard InChI is InChI=1S/C14H22O/c1-6-14(4,7-2)12-8-9-13(15-5)11(3)10-12/h8-10H,6-7H2,1-5H3. The van der Waals surface area contributed by atoms with E-state index in [1.54, 1.807) is 7.11 Å². The Morgan fingerprint density at radius 3 is 2.20 bits per heavy atom. The number of aryl methyl sites for hydroxylation is 1. The van der Waals surface area contributed by atoms with Gasteiger partial charge in [0.05, 0.1) is 7.11 Å². The van der Waals surface area contributed by atoms with Crippen LogP contribution >= 0.6 is 0 Å². The first kappa shape index (κ1) is 12.1. The second-order valence-electron chi connectivity index (χ2n) is 4.45. The predicted octanol–water partition coefficient (Wildman–Crippen LogP) is 4.08. The van der Waals surface area contributed by atoms with Crippen molar-refractivity contribution in [1.29, 1.82) is 0 Å². The van der Waals surface area contributed by atoms with E-state index in [-0.39, 0.29) is 0 Å². The molecule has 1 heteroatoms. The van der Waals surface area contributed by atoms with Crippen molar-refractivity contribution in [1.82, 2.24) is 0 Å². The summed E-state index contributed by atoms with van der Waals surface area (Å²) in [5.41, 5.74) is 2.95. The second kappa shape index (κ2) is 4.69. The Morgan fingerprint density at radius 1 is 1.20 bits per heavy atom. The van der Waals surface area contributed by atoms with Crippen molar-refractivity contribution < 1.29 is 4.74 Å². The van der Waals surface area contributed by atoms with Gasteiger partial charge in [-0.1, -0.05) is 32.9 Å². The minimum atomic E-state index is 0.303. The molecule has 0 aliphatic heterocycles. The Labute approximate surface area is 93.5 Å². The first-order valence-electron chi connectivity index (χ1n) is 5.72. The van der Waals surface area contributed by atoms with E-state index >= 15 is 0 Å². The van der Waals surface area contributed by atoms with Crippen LogP contribution in [0.15, 0.2) is 18.2 Å². The smallest absolute Gasteiger partial charge is 0.121 e. The highest BCUT2D eigenvalue weighted by Crippen LogP contribution is 2.33. The maximum absolute atomic E-state index is 5.28. The van der Waals surface area contributed by atoms with Gasteiger partial charge in [-0.3, -0.25) is 0 Å². The Morgan fingerprint density at radius 2 is 1.80 bits per heavy atom. The van der Waals surface area contributed by atoms with Gasteiger partial charge in [-0.05, 0) is 42.4 Å². The molecule has 0 aliphatic carbocycles. The monoisotopic (exact) mass is 206 g/mol. The van der Waals surface area contributed by atoms with Crippen LogP contribution in [0.5, 0.6) is 5.75 Å². The van der Waals surface area contributed by atoms with Gasteiger partial charge in [-0.2, -0.15) is 0 Å². The van der Waals surface area contributed by atoms with Crippen LogP contribution in [0, 0.1) is 6.92 Å². The highest BCUT2D eigenvalue weighted by molar-refractivity contribution is 5.39. The zero-order chi connectivity index (χ0) is 11.5.